The zero-order chi connectivity index (χ0) is 47.7. The van der Waals surface area contributed by atoms with E-state index < -0.39 is 110 Å². The van der Waals surface area contributed by atoms with Crippen LogP contribution in [0.4, 0.5) is 158 Å². The maximum absolute atomic E-state index is 15.4. The zero-order valence-corrected chi connectivity index (χ0v) is 24.5. The van der Waals surface area contributed by atoms with E-state index in [1.54, 1.807) is 0 Å². The summed E-state index contributed by atoms with van der Waals surface area (Å²) in [6.07, 6.45) is -38.1. The minimum Gasteiger partial charge on any atom is -0.202 e. The molecule has 1 atom stereocenters. The van der Waals surface area contributed by atoms with E-state index in [4.69, 9.17) is 0 Å². The first-order chi connectivity index (χ1) is 23.8. The summed E-state index contributed by atoms with van der Waals surface area (Å²) in [7, 11) is -10.9. The standard InChI is InChI=1S/C16F36NO3S/c17-1(18,3(21,22)5(25,26)7(29,30)9(32,33)34)2(19,20)4(23,24)6(27,28)8(31,57(54,55)56-52)13(44,45)53(14(46,47)10(35,36)37,15(48,49)11(38,39)40)16(50,51)12(41,42)43/q+1. The molecule has 0 aliphatic carbocycles. The molecule has 0 aromatic carbocycles. The van der Waals surface area contributed by atoms with Crippen molar-refractivity contribution in [3.05, 3.63) is 0 Å². The molecule has 0 rings (SSSR count). The first-order valence-electron chi connectivity index (χ1n) is 11.4. The van der Waals surface area contributed by atoms with E-state index in [0.29, 0.717) is 4.39 Å². The van der Waals surface area contributed by atoms with Crippen LogP contribution in [0.25, 0.3) is 0 Å². The molecular weight excluding hydrogens is 970 g/mol. The predicted molar refractivity (Wildman–Crippen MR) is 93.8 cm³/mol. The summed E-state index contributed by atoms with van der Waals surface area (Å²) >= 11 is 0. The molecular formula is C16F36NO3S+. The van der Waals surface area contributed by atoms with Gasteiger partial charge in [0.1, 0.15) is 0 Å². The van der Waals surface area contributed by atoms with Crippen molar-refractivity contribution < 1.29 is 175 Å². The van der Waals surface area contributed by atoms with Crippen molar-refractivity contribution in [2.45, 2.75) is 95.3 Å². The third-order valence-electron chi connectivity index (χ3n) is 6.65. The number of nitrogens with zero attached hydrogens (tertiary/aromatic N) is 1. The first kappa shape index (κ1) is 54.3. The van der Waals surface area contributed by atoms with Crippen LogP contribution in [0.5, 0.6) is 0 Å². The average Bonchev–Trinajstić information content (AvgIpc) is 2.92. The molecule has 0 fully saturated rings. The SMILES string of the molecule is O=S(=O)(OF)C(F)(C(F)(F)C(F)(F)C(F)(F)C(F)(F)C(F)(F)C(F)(F)C(F)(F)C(F)(F)F)C(F)(F)[N+](C(F)(F)C(F)(F)F)(C(F)(F)C(F)(F)F)C(F)(F)C(F)(F)F. The topological polar surface area (TPSA) is 43.4 Å². The molecule has 4 nitrogen and oxygen atoms in total. The Morgan fingerprint density at radius 1 is 0.281 bits per heavy atom. The second-order valence-corrected chi connectivity index (χ2v) is 11.6. The van der Waals surface area contributed by atoms with Gasteiger partial charge in [-0.15, -0.1) is 35.1 Å². The van der Waals surface area contributed by atoms with Crippen LogP contribution in [0.2, 0.25) is 0 Å². The van der Waals surface area contributed by atoms with E-state index in [-0.39, 0.29) is 0 Å². The molecule has 41 heteroatoms. The average molecular weight is 970 g/mol. The molecule has 0 bridgehead atoms. The van der Waals surface area contributed by atoms with Gasteiger partial charge in [-0.1, -0.05) is 8.87 Å². The smallest absolute Gasteiger partial charge is 0.202 e. The molecule has 0 aliphatic heterocycles. The summed E-state index contributed by atoms with van der Waals surface area (Å²) in [5, 5.41) is -11.3. The van der Waals surface area contributed by atoms with Gasteiger partial charge in [-0.25, -0.2) is 4.39 Å². The van der Waals surface area contributed by atoms with Crippen molar-refractivity contribution in [3.63, 3.8) is 0 Å². The number of alkyl halides is 35. The van der Waals surface area contributed by atoms with Crippen molar-refractivity contribution in [2.75, 3.05) is 0 Å². The second-order valence-electron chi connectivity index (χ2n) is 9.96. The fourth-order valence-corrected chi connectivity index (χ4v) is 4.72. The van der Waals surface area contributed by atoms with Gasteiger partial charge in [0.2, 0.25) is 0 Å². The van der Waals surface area contributed by atoms with Crippen molar-refractivity contribution in [1.29, 1.82) is 0 Å². The zero-order valence-electron chi connectivity index (χ0n) is 23.7. The summed E-state index contributed by atoms with van der Waals surface area (Å²) in [5.41, 5.74) is 0. The second kappa shape index (κ2) is 12.9. The number of hydrogen-bond acceptors (Lipinski definition) is 3. The van der Waals surface area contributed by atoms with Gasteiger partial charge >= 0.3 is 105 Å². The van der Waals surface area contributed by atoms with Crippen LogP contribution in [0.3, 0.4) is 0 Å². The molecule has 0 amide bonds. The van der Waals surface area contributed by atoms with E-state index in [0.717, 1.165) is 0 Å². The molecule has 0 aromatic rings. The van der Waals surface area contributed by atoms with Crippen LogP contribution in [0.15, 0.2) is 0 Å². The molecule has 0 heterocycles. The van der Waals surface area contributed by atoms with Crippen LogP contribution in [-0.4, -0.2) is 108 Å². The third-order valence-corrected chi connectivity index (χ3v) is 8.01. The van der Waals surface area contributed by atoms with E-state index in [9.17, 15) is 153 Å². The minimum atomic E-state index is -11.7. The van der Waals surface area contributed by atoms with Crippen molar-refractivity contribution in [1.82, 2.24) is 0 Å². The fourth-order valence-electron chi connectivity index (χ4n) is 3.75. The molecule has 0 saturated heterocycles. The molecule has 0 N–H and O–H groups in total. The molecule has 0 aliphatic rings. The number of hydrogen-bond donors (Lipinski definition) is 0. The molecule has 0 radical (unpaired) electrons. The Labute approximate surface area is 282 Å². The van der Waals surface area contributed by atoms with Crippen LogP contribution >= 0.6 is 0 Å². The molecule has 1 unspecified atom stereocenters. The lowest BCUT2D eigenvalue weighted by molar-refractivity contribution is -1.21. The van der Waals surface area contributed by atoms with E-state index in [2.05, 4.69) is 0 Å². The Morgan fingerprint density at radius 3 is 0.649 bits per heavy atom. The number of halogens is 36. The third kappa shape index (κ3) is 5.98. The summed E-state index contributed by atoms with van der Waals surface area (Å²) in [5.74, 6) is -72.2. The van der Waals surface area contributed by atoms with E-state index in [1.165, 1.54) is 0 Å². The largest absolute Gasteiger partial charge is 0.515 e. The number of rotatable bonds is 14. The highest BCUT2D eigenvalue weighted by Gasteiger charge is 3.11. The molecule has 0 spiro atoms. The molecule has 0 saturated carbocycles. The Hall–Kier alpha value is -2.65. The first-order valence-corrected chi connectivity index (χ1v) is 12.8. The molecule has 57 heavy (non-hydrogen) atoms. The van der Waals surface area contributed by atoms with Crippen LogP contribution < -0.4 is 0 Å². The predicted octanol–water partition coefficient (Wildman–Crippen LogP) is 10.8. The van der Waals surface area contributed by atoms with Gasteiger partial charge in [0.15, 0.2) is 0 Å². The van der Waals surface area contributed by atoms with Crippen LogP contribution in [-0.2, 0) is 14.5 Å². The lowest BCUT2D eigenvalue weighted by Crippen LogP contribution is -2.94. The van der Waals surface area contributed by atoms with Gasteiger partial charge in [0, 0.05) is 0 Å². The maximum Gasteiger partial charge on any atom is 0.515 e. The van der Waals surface area contributed by atoms with E-state index in [1.807, 2.05) is 0 Å². The van der Waals surface area contributed by atoms with Gasteiger partial charge in [-0.2, -0.15) is 123 Å². The van der Waals surface area contributed by atoms with Gasteiger partial charge < -0.3 is 0 Å². The van der Waals surface area contributed by atoms with Gasteiger partial charge in [0.25, 0.3) is 0 Å². The number of quaternary nitrogens is 1. The Bertz CT molecular complexity index is 1530. The lowest BCUT2D eigenvalue weighted by atomic mass is 9.87. The Kier molecular flexibility index (Phi) is 12.3. The van der Waals surface area contributed by atoms with Crippen molar-refractivity contribution >= 4 is 10.1 Å². The van der Waals surface area contributed by atoms with Gasteiger partial charge in [-0.3, -0.25) is 0 Å². The normalized spacial score (nSPS) is 18.2. The Morgan fingerprint density at radius 2 is 0.474 bits per heavy atom. The highest BCUT2D eigenvalue weighted by Crippen LogP contribution is 2.73. The van der Waals surface area contributed by atoms with Crippen LogP contribution in [0.1, 0.15) is 0 Å². The van der Waals surface area contributed by atoms with Crippen LogP contribution in [0, 0.1) is 0 Å². The Balaban J connectivity index is 9.60. The fraction of sp³-hybridized carbons (Fsp3) is 1.00. The summed E-state index contributed by atoms with van der Waals surface area (Å²) < 4.78 is 505. The monoisotopic (exact) mass is 970 g/mol. The summed E-state index contributed by atoms with van der Waals surface area (Å²) in [4.78, 5) is 0. The lowest BCUT2D eigenvalue weighted by Gasteiger charge is -2.55. The highest BCUT2D eigenvalue weighted by atomic mass is 32.2. The quantitative estimate of drug-likeness (QED) is 0.0990. The highest BCUT2D eigenvalue weighted by molar-refractivity contribution is 7.88. The summed E-state index contributed by atoms with van der Waals surface area (Å²) in [6, 6.07) is -44.3. The molecule has 344 valence electrons. The van der Waals surface area contributed by atoms with Gasteiger partial charge in [0.05, 0.1) is 0 Å². The van der Waals surface area contributed by atoms with Crippen molar-refractivity contribution in [3.8, 4) is 0 Å². The molecule has 0 aromatic heterocycles. The maximum atomic E-state index is 15.4. The summed E-state index contributed by atoms with van der Waals surface area (Å²) in [6.45, 7) is 0. The van der Waals surface area contributed by atoms with E-state index >= 15 is 13.2 Å². The minimum absolute atomic E-state index is 0.353. The van der Waals surface area contributed by atoms with Crippen molar-refractivity contribution in [2.24, 2.45) is 0 Å². The van der Waals surface area contributed by atoms with Gasteiger partial charge in [-0.05, 0) is 4.53 Å².